The topological polar surface area (TPSA) is 159 Å². The van der Waals surface area contributed by atoms with Crippen molar-refractivity contribution in [3.8, 4) is 0 Å². The largest absolute Gasteiger partial charge is 0.445 e. The van der Waals surface area contributed by atoms with Gasteiger partial charge in [-0.3, -0.25) is 4.79 Å². The van der Waals surface area contributed by atoms with Gasteiger partial charge in [0, 0.05) is 13.1 Å². The first kappa shape index (κ1) is 35.7. The highest BCUT2D eigenvalue weighted by Crippen LogP contribution is 2.15. The van der Waals surface area contributed by atoms with E-state index in [0.717, 1.165) is 11.1 Å². The van der Waals surface area contributed by atoms with Crippen LogP contribution in [0.4, 0.5) is 9.59 Å². The molecular weight excluding hydrogens is 566 g/mol. The van der Waals surface area contributed by atoms with Crippen LogP contribution in [0.3, 0.4) is 0 Å². The molecule has 0 aliphatic heterocycles. The SMILES string of the molecule is C.CC(C)(C)OC(=O)NC(C)(C)C(=O)N[C@H](COCc1ccccc1)c1nnnn1CCCNC(=O)OCc1ccccc1. The molecule has 0 saturated heterocycles. The highest BCUT2D eigenvalue weighted by atomic mass is 16.6. The summed E-state index contributed by atoms with van der Waals surface area (Å²) >= 11 is 0. The van der Waals surface area contributed by atoms with Gasteiger partial charge in [0.15, 0.2) is 5.82 Å². The Morgan fingerprint density at radius 3 is 2.11 bits per heavy atom. The van der Waals surface area contributed by atoms with E-state index in [0.29, 0.717) is 31.9 Å². The minimum Gasteiger partial charge on any atom is -0.445 e. The molecule has 1 heterocycles. The van der Waals surface area contributed by atoms with Crippen molar-refractivity contribution in [1.29, 1.82) is 0 Å². The number of aryl methyl sites for hydroxylation is 1. The Balaban J connectivity index is 0.00000675. The van der Waals surface area contributed by atoms with Gasteiger partial charge in [-0.25, -0.2) is 14.3 Å². The lowest BCUT2D eigenvalue weighted by molar-refractivity contribution is -0.127. The first-order valence-electron chi connectivity index (χ1n) is 14.1. The number of hydrogen-bond donors (Lipinski definition) is 3. The van der Waals surface area contributed by atoms with Gasteiger partial charge in [0.05, 0.1) is 13.2 Å². The second-order valence-corrected chi connectivity index (χ2v) is 11.4. The van der Waals surface area contributed by atoms with E-state index >= 15 is 0 Å². The minimum atomic E-state index is -1.32. The third-order valence-electron chi connectivity index (χ3n) is 5.98. The van der Waals surface area contributed by atoms with E-state index in [1.807, 2.05) is 60.7 Å². The van der Waals surface area contributed by atoms with Crippen molar-refractivity contribution in [2.24, 2.45) is 0 Å². The fourth-order valence-electron chi connectivity index (χ4n) is 3.82. The van der Waals surface area contributed by atoms with E-state index in [-0.39, 0.29) is 20.6 Å². The van der Waals surface area contributed by atoms with E-state index in [1.165, 1.54) is 0 Å². The van der Waals surface area contributed by atoms with Crippen LogP contribution in [0.2, 0.25) is 0 Å². The first-order chi connectivity index (χ1) is 20.4. The molecule has 0 aliphatic rings. The summed E-state index contributed by atoms with van der Waals surface area (Å²) in [6.45, 7) is 9.57. The number of tetrazole rings is 1. The minimum absolute atomic E-state index is 0. The average Bonchev–Trinajstić information content (AvgIpc) is 3.42. The summed E-state index contributed by atoms with van der Waals surface area (Å²) in [6, 6.07) is 18.3. The lowest BCUT2D eigenvalue weighted by atomic mass is 10.0. The van der Waals surface area contributed by atoms with Crippen LogP contribution in [0.15, 0.2) is 60.7 Å². The molecule has 3 N–H and O–H groups in total. The zero-order valence-electron chi connectivity index (χ0n) is 25.3. The van der Waals surface area contributed by atoms with Crippen LogP contribution in [-0.4, -0.2) is 62.6 Å². The summed E-state index contributed by atoms with van der Waals surface area (Å²) in [5.41, 5.74) is -0.185. The van der Waals surface area contributed by atoms with E-state index in [4.69, 9.17) is 14.2 Å². The predicted octanol–water partition coefficient (Wildman–Crippen LogP) is 4.30. The van der Waals surface area contributed by atoms with Crippen LogP contribution < -0.4 is 16.0 Å². The number of hydrogen-bond acceptors (Lipinski definition) is 9. The second kappa shape index (κ2) is 16.9. The smallest absolute Gasteiger partial charge is 0.408 e. The van der Waals surface area contributed by atoms with Gasteiger partial charge in [0.1, 0.15) is 23.8 Å². The number of alkyl carbamates (subject to hydrolysis) is 2. The van der Waals surface area contributed by atoms with Gasteiger partial charge >= 0.3 is 12.2 Å². The summed E-state index contributed by atoms with van der Waals surface area (Å²) in [5.74, 6) is -0.120. The Morgan fingerprint density at radius 1 is 0.886 bits per heavy atom. The predicted molar refractivity (Wildman–Crippen MR) is 164 cm³/mol. The van der Waals surface area contributed by atoms with E-state index < -0.39 is 35.3 Å². The number of rotatable bonds is 14. The summed E-state index contributed by atoms with van der Waals surface area (Å²) < 4.78 is 18.0. The lowest BCUT2D eigenvalue weighted by Crippen LogP contribution is -2.56. The van der Waals surface area contributed by atoms with E-state index in [1.54, 1.807) is 39.3 Å². The molecular formula is C31H45N7O6. The zero-order valence-corrected chi connectivity index (χ0v) is 25.3. The van der Waals surface area contributed by atoms with Crippen LogP contribution in [0.5, 0.6) is 0 Å². The number of amides is 3. The van der Waals surface area contributed by atoms with Crippen molar-refractivity contribution in [3.63, 3.8) is 0 Å². The third kappa shape index (κ3) is 12.4. The van der Waals surface area contributed by atoms with Crippen LogP contribution >= 0.6 is 0 Å². The molecule has 0 saturated carbocycles. The van der Waals surface area contributed by atoms with Crippen molar-refractivity contribution in [2.45, 2.75) is 85.4 Å². The quantitative estimate of drug-likeness (QED) is 0.226. The first-order valence-corrected chi connectivity index (χ1v) is 14.1. The molecule has 3 rings (SSSR count). The molecule has 0 unspecified atom stereocenters. The number of ether oxygens (including phenoxy) is 3. The van der Waals surface area contributed by atoms with Crippen LogP contribution in [0, 0.1) is 0 Å². The van der Waals surface area contributed by atoms with E-state index in [9.17, 15) is 14.4 Å². The number of carbonyl (C=O) groups is 3. The maximum atomic E-state index is 13.3. The normalized spacial score (nSPS) is 11.9. The second-order valence-electron chi connectivity index (χ2n) is 11.4. The molecule has 1 atom stereocenters. The molecule has 13 nitrogen and oxygen atoms in total. The molecule has 0 radical (unpaired) electrons. The van der Waals surface area contributed by atoms with Crippen molar-refractivity contribution >= 4 is 18.1 Å². The average molecular weight is 612 g/mol. The fraction of sp³-hybridized carbons (Fsp3) is 0.484. The maximum absolute atomic E-state index is 13.3. The molecule has 240 valence electrons. The Morgan fingerprint density at radius 2 is 1.50 bits per heavy atom. The molecule has 2 aromatic carbocycles. The Labute approximate surface area is 259 Å². The van der Waals surface area contributed by atoms with Gasteiger partial charge in [-0.05, 0) is 62.6 Å². The van der Waals surface area contributed by atoms with Gasteiger partial charge < -0.3 is 30.2 Å². The number of nitrogens with one attached hydrogen (secondary N) is 3. The van der Waals surface area contributed by atoms with Crippen LogP contribution in [-0.2, 0) is 38.8 Å². The molecule has 0 fully saturated rings. The number of benzene rings is 2. The summed E-state index contributed by atoms with van der Waals surface area (Å²) in [5, 5.41) is 20.2. The molecule has 1 aromatic heterocycles. The highest BCUT2D eigenvalue weighted by Gasteiger charge is 2.34. The molecule has 0 aliphatic carbocycles. The van der Waals surface area contributed by atoms with E-state index in [2.05, 4.69) is 31.5 Å². The molecule has 13 heteroatoms. The Hall–Kier alpha value is -4.52. The monoisotopic (exact) mass is 611 g/mol. The van der Waals surface area contributed by atoms with Gasteiger partial charge in [-0.2, -0.15) is 0 Å². The van der Waals surface area contributed by atoms with Crippen molar-refractivity contribution in [1.82, 2.24) is 36.2 Å². The fourth-order valence-corrected chi connectivity index (χ4v) is 3.82. The Kier molecular flexibility index (Phi) is 13.7. The Bertz CT molecular complexity index is 1310. The maximum Gasteiger partial charge on any atom is 0.408 e. The molecule has 0 bridgehead atoms. The lowest BCUT2D eigenvalue weighted by Gasteiger charge is -2.29. The standard InChI is InChI=1S/C30H41N7O6.CH4/c1-29(2,3)43-28(40)33-30(4,5)26(38)32-24(21-41-19-22-13-8-6-9-14-22)25-34-35-36-37(25)18-12-17-31-27(39)42-20-23-15-10-7-11-16-23;/h6-11,13-16,24H,12,17-21H2,1-5H3,(H,31,39)(H,32,38)(H,33,40);1H4/t24-;/m1./s1. The zero-order chi connectivity index (χ0) is 31.3. The van der Waals surface area contributed by atoms with Gasteiger partial charge in [0.2, 0.25) is 5.91 Å². The third-order valence-corrected chi connectivity index (χ3v) is 5.98. The number of aromatic nitrogens is 4. The van der Waals surface area contributed by atoms with Crippen LogP contribution in [0.25, 0.3) is 0 Å². The highest BCUT2D eigenvalue weighted by molar-refractivity contribution is 5.89. The van der Waals surface area contributed by atoms with Gasteiger partial charge in [-0.15, -0.1) is 5.10 Å². The molecule has 44 heavy (non-hydrogen) atoms. The molecule has 3 aromatic rings. The molecule has 3 amide bonds. The number of nitrogens with zero attached hydrogens (tertiary/aromatic N) is 4. The number of carbonyl (C=O) groups excluding carboxylic acids is 3. The van der Waals surface area contributed by atoms with Crippen molar-refractivity contribution in [2.75, 3.05) is 13.2 Å². The van der Waals surface area contributed by atoms with Crippen molar-refractivity contribution < 1.29 is 28.6 Å². The summed E-state index contributed by atoms with van der Waals surface area (Å²) in [7, 11) is 0. The summed E-state index contributed by atoms with van der Waals surface area (Å²) in [6.07, 6.45) is -0.750. The van der Waals surface area contributed by atoms with Crippen molar-refractivity contribution in [3.05, 3.63) is 77.6 Å². The van der Waals surface area contributed by atoms with Gasteiger partial charge in [-0.1, -0.05) is 68.1 Å². The van der Waals surface area contributed by atoms with Gasteiger partial charge in [0.25, 0.3) is 0 Å². The summed E-state index contributed by atoms with van der Waals surface area (Å²) in [4.78, 5) is 37.8. The van der Waals surface area contributed by atoms with Crippen LogP contribution in [0.1, 0.15) is 71.5 Å². The molecule has 0 spiro atoms.